The first kappa shape index (κ1) is 11.3. The molecule has 1 heterocycles. The molecule has 0 aliphatic carbocycles. The molecule has 1 aliphatic rings. The van der Waals surface area contributed by atoms with Crippen LogP contribution in [0.5, 0.6) is 0 Å². The van der Waals surface area contributed by atoms with Crippen molar-refractivity contribution in [3.05, 3.63) is 30.1 Å². The molecule has 1 saturated heterocycles. The molecule has 1 aromatic rings. The Labute approximate surface area is 93.9 Å². The van der Waals surface area contributed by atoms with Crippen molar-refractivity contribution in [3.63, 3.8) is 0 Å². The highest BCUT2D eigenvalue weighted by molar-refractivity contribution is 7.92. The quantitative estimate of drug-likeness (QED) is 0.828. The smallest absolute Gasteiger partial charge is 0.234 e. The molecule has 2 rings (SSSR count). The molecule has 1 fully saturated rings. The van der Waals surface area contributed by atoms with Crippen LogP contribution in [-0.4, -0.2) is 26.8 Å². The lowest BCUT2D eigenvalue weighted by atomic mass is 10.1. The summed E-state index contributed by atoms with van der Waals surface area (Å²) in [6.45, 7) is 0.861. The van der Waals surface area contributed by atoms with E-state index in [1.54, 1.807) is 0 Å². The molecule has 6 heteroatoms. The predicted molar refractivity (Wildman–Crippen MR) is 60.2 cm³/mol. The summed E-state index contributed by atoms with van der Waals surface area (Å²) in [6.07, 6.45) is 0.865. The first-order valence-corrected chi connectivity index (χ1v) is 6.70. The van der Waals surface area contributed by atoms with E-state index in [1.165, 1.54) is 18.2 Å². The molecule has 0 saturated carbocycles. The Bertz CT molecular complexity index is 471. The second-order valence-corrected chi connectivity index (χ2v) is 5.60. The van der Waals surface area contributed by atoms with Crippen LogP contribution in [0.4, 0.5) is 10.1 Å². The molecule has 1 atom stereocenters. The number of hydrogen-bond acceptors (Lipinski definition) is 3. The first-order chi connectivity index (χ1) is 7.55. The van der Waals surface area contributed by atoms with E-state index < -0.39 is 15.8 Å². The zero-order chi connectivity index (χ0) is 11.6. The van der Waals surface area contributed by atoms with Crippen LogP contribution in [0.25, 0.3) is 0 Å². The standard InChI is InChI=1S/C10H13FN2O2S/c11-8-2-1-3-9(6-8)13-16(14,15)7-10-4-5-12-10/h1-3,6,10,12-13H,4-5,7H2. The molecule has 2 N–H and O–H groups in total. The third kappa shape index (κ3) is 2.93. The van der Waals surface area contributed by atoms with Gasteiger partial charge in [-0.15, -0.1) is 0 Å². The molecular weight excluding hydrogens is 231 g/mol. The lowest BCUT2D eigenvalue weighted by molar-refractivity contribution is 0.399. The van der Waals surface area contributed by atoms with E-state index >= 15 is 0 Å². The van der Waals surface area contributed by atoms with Crippen LogP contribution in [0.15, 0.2) is 24.3 Å². The van der Waals surface area contributed by atoms with Gasteiger partial charge in [-0.05, 0) is 31.2 Å². The van der Waals surface area contributed by atoms with Crippen molar-refractivity contribution in [3.8, 4) is 0 Å². The van der Waals surface area contributed by atoms with Gasteiger partial charge in [-0.1, -0.05) is 6.07 Å². The molecular formula is C10H13FN2O2S. The normalized spacial score (nSPS) is 20.2. The lowest BCUT2D eigenvalue weighted by Crippen LogP contribution is -2.48. The Kier molecular flexibility index (Phi) is 3.11. The Morgan fingerprint density at radius 2 is 2.25 bits per heavy atom. The fourth-order valence-corrected chi connectivity index (χ4v) is 2.91. The molecule has 88 valence electrons. The maximum atomic E-state index is 12.8. The van der Waals surface area contributed by atoms with Crippen LogP contribution in [0.1, 0.15) is 6.42 Å². The van der Waals surface area contributed by atoms with E-state index in [0.29, 0.717) is 0 Å². The van der Waals surface area contributed by atoms with Gasteiger partial charge in [-0.25, -0.2) is 12.8 Å². The van der Waals surface area contributed by atoms with Crippen LogP contribution in [0.3, 0.4) is 0 Å². The third-order valence-electron chi connectivity index (χ3n) is 2.44. The summed E-state index contributed by atoms with van der Waals surface area (Å²) >= 11 is 0. The van der Waals surface area contributed by atoms with E-state index in [0.717, 1.165) is 19.0 Å². The Hall–Kier alpha value is -1.14. The van der Waals surface area contributed by atoms with Crippen LogP contribution in [0.2, 0.25) is 0 Å². The number of rotatable bonds is 4. The minimum Gasteiger partial charge on any atom is -0.313 e. The van der Waals surface area contributed by atoms with Crippen molar-refractivity contribution >= 4 is 15.7 Å². The van der Waals surface area contributed by atoms with Crippen molar-refractivity contribution < 1.29 is 12.8 Å². The summed E-state index contributed by atoms with van der Waals surface area (Å²) in [5.74, 6) is -0.425. The topological polar surface area (TPSA) is 58.2 Å². The molecule has 0 aromatic heterocycles. The Morgan fingerprint density at radius 3 is 2.81 bits per heavy atom. The summed E-state index contributed by atoms with van der Waals surface area (Å²) in [4.78, 5) is 0. The van der Waals surface area contributed by atoms with Crippen LogP contribution in [0, 0.1) is 5.82 Å². The largest absolute Gasteiger partial charge is 0.313 e. The number of benzene rings is 1. The maximum Gasteiger partial charge on any atom is 0.234 e. The highest BCUT2D eigenvalue weighted by Gasteiger charge is 2.23. The van der Waals surface area contributed by atoms with Gasteiger partial charge in [0.1, 0.15) is 5.82 Å². The van der Waals surface area contributed by atoms with Crippen molar-refractivity contribution in [1.29, 1.82) is 0 Å². The van der Waals surface area contributed by atoms with Crippen LogP contribution in [-0.2, 0) is 10.0 Å². The van der Waals surface area contributed by atoms with Gasteiger partial charge in [0, 0.05) is 6.04 Å². The second-order valence-electron chi connectivity index (χ2n) is 3.83. The molecule has 0 bridgehead atoms. The summed E-state index contributed by atoms with van der Waals surface area (Å²) in [5, 5.41) is 3.01. The second kappa shape index (κ2) is 4.39. The summed E-state index contributed by atoms with van der Waals surface area (Å²) in [5.41, 5.74) is 0.263. The van der Waals surface area contributed by atoms with Gasteiger partial charge >= 0.3 is 0 Å². The van der Waals surface area contributed by atoms with E-state index in [4.69, 9.17) is 0 Å². The van der Waals surface area contributed by atoms with Gasteiger partial charge in [0.05, 0.1) is 11.4 Å². The molecule has 0 spiro atoms. The minimum atomic E-state index is -3.39. The monoisotopic (exact) mass is 244 g/mol. The number of hydrogen-bond donors (Lipinski definition) is 2. The highest BCUT2D eigenvalue weighted by Crippen LogP contribution is 2.13. The van der Waals surface area contributed by atoms with Crippen molar-refractivity contribution in [2.24, 2.45) is 0 Å². The highest BCUT2D eigenvalue weighted by atomic mass is 32.2. The molecule has 0 amide bonds. The minimum absolute atomic E-state index is 0.0195. The SMILES string of the molecule is O=S(=O)(CC1CCN1)Nc1cccc(F)c1. The molecule has 1 aromatic carbocycles. The van der Waals surface area contributed by atoms with Crippen molar-refractivity contribution in [2.75, 3.05) is 17.0 Å². The Balaban J connectivity index is 2.02. The van der Waals surface area contributed by atoms with Crippen molar-refractivity contribution in [2.45, 2.75) is 12.5 Å². The van der Waals surface area contributed by atoms with E-state index in [1.807, 2.05) is 0 Å². The number of halogens is 1. The molecule has 4 nitrogen and oxygen atoms in total. The van der Waals surface area contributed by atoms with Gasteiger partial charge < -0.3 is 5.32 Å². The number of nitrogens with one attached hydrogen (secondary N) is 2. The van der Waals surface area contributed by atoms with Gasteiger partial charge in [-0.3, -0.25) is 4.72 Å². The fraction of sp³-hybridized carbons (Fsp3) is 0.400. The summed E-state index contributed by atoms with van der Waals surface area (Å²) < 4.78 is 38.5. The fourth-order valence-electron chi connectivity index (χ4n) is 1.53. The van der Waals surface area contributed by atoms with Gasteiger partial charge in [-0.2, -0.15) is 0 Å². The number of anilines is 1. The summed E-state index contributed by atoms with van der Waals surface area (Å²) in [7, 11) is -3.39. The number of sulfonamides is 1. The Morgan fingerprint density at radius 1 is 1.50 bits per heavy atom. The zero-order valence-corrected chi connectivity index (χ0v) is 9.43. The zero-order valence-electron chi connectivity index (χ0n) is 8.61. The molecule has 16 heavy (non-hydrogen) atoms. The average molecular weight is 244 g/mol. The average Bonchev–Trinajstić information content (AvgIpc) is 2.11. The van der Waals surface area contributed by atoms with Crippen LogP contribution < -0.4 is 10.0 Å². The third-order valence-corrected chi connectivity index (χ3v) is 3.83. The van der Waals surface area contributed by atoms with Crippen LogP contribution >= 0.6 is 0 Å². The van der Waals surface area contributed by atoms with Gasteiger partial charge in [0.25, 0.3) is 0 Å². The summed E-state index contributed by atoms with van der Waals surface area (Å²) in [6, 6.07) is 5.44. The maximum absolute atomic E-state index is 12.8. The van der Waals surface area contributed by atoms with Gasteiger partial charge in [0.2, 0.25) is 10.0 Å². The molecule has 1 aliphatic heterocycles. The van der Waals surface area contributed by atoms with Crippen molar-refractivity contribution in [1.82, 2.24) is 5.32 Å². The molecule has 0 radical (unpaired) electrons. The van der Waals surface area contributed by atoms with E-state index in [9.17, 15) is 12.8 Å². The lowest BCUT2D eigenvalue weighted by Gasteiger charge is -2.27. The van der Waals surface area contributed by atoms with Gasteiger partial charge in [0.15, 0.2) is 0 Å². The molecule has 1 unspecified atom stereocenters. The predicted octanol–water partition coefficient (Wildman–Crippen LogP) is 0.929. The van der Waals surface area contributed by atoms with E-state index in [2.05, 4.69) is 10.0 Å². The van der Waals surface area contributed by atoms with E-state index in [-0.39, 0.29) is 17.5 Å². The first-order valence-electron chi connectivity index (χ1n) is 5.05.